The minimum absolute atomic E-state index is 0.662. The van der Waals surface area contributed by atoms with Crippen LogP contribution in [0, 0.1) is 0 Å². The molecule has 0 spiro atoms. The van der Waals surface area contributed by atoms with Crippen molar-refractivity contribution in [2.45, 2.75) is 32.2 Å². The average Bonchev–Trinajstić information content (AvgIpc) is 2.51. The Balaban J connectivity index is 2.68. The normalized spacial score (nSPS) is 10.2. The average molecular weight is 293 g/mol. The quantitative estimate of drug-likeness (QED) is 0.500. The van der Waals surface area contributed by atoms with Gasteiger partial charge in [0.05, 0.1) is 20.8 Å². The molecule has 1 aromatic carbocycles. The fraction of sp³-hybridized carbons (Fsp3) is 0.529. The smallest absolute Gasteiger partial charge is 0.203 e. The highest BCUT2D eigenvalue weighted by atomic mass is 16.5. The fourth-order valence-electron chi connectivity index (χ4n) is 2.12. The summed E-state index contributed by atoms with van der Waals surface area (Å²) in [5, 5.41) is 3.12. The highest BCUT2D eigenvalue weighted by molar-refractivity contribution is 5.53. The van der Waals surface area contributed by atoms with E-state index in [9.17, 15) is 0 Å². The van der Waals surface area contributed by atoms with Crippen LogP contribution in [0.4, 0.5) is 0 Å². The predicted molar refractivity (Wildman–Crippen MR) is 86.5 cm³/mol. The van der Waals surface area contributed by atoms with E-state index in [1.807, 2.05) is 25.3 Å². The molecule has 0 aliphatic heterocycles. The summed E-state index contributed by atoms with van der Waals surface area (Å²) in [6.45, 7) is 5.15. The molecule has 1 N–H and O–H groups in total. The second-order valence-corrected chi connectivity index (χ2v) is 4.85. The van der Waals surface area contributed by atoms with Gasteiger partial charge in [0.25, 0.3) is 0 Å². The van der Waals surface area contributed by atoms with Crippen molar-refractivity contribution in [2.75, 3.05) is 27.9 Å². The molecule has 0 amide bonds. The SMILES string of the molecule is C=CCCCCCOc1c(OC)cc(CNC)cc1OC. The molecule has 0 radical (unpaired) electrons. The van der Waals surface area contributed by atoms with Crippen LogP contribution in [0.15, 0.2) is 24.8 Å². The summed E-state index contributed by atoms with van der Waals surface area (Å²) < 4.78 is 16.7. The van der Waals surface area contributed by atoms with Crippen LogP contribution in [-0.4, -0.2) is 27.9 Å². The number of hydrogen-bond donors (Lipinski definition) is 1. The number of nitrogens with one attached hydrogen (secondary N) is 1. The van der Waals surface area contributed by atoms with E-state index in [4.69, 9.17) is 14.2 Å². The van der Waals surface area contributed by atoms with E-state index in [-0.39, 0.29) is 0 Å². The summed E-state index contributed by atoms with van der Waals surface area (Å²) in [5.74, 6) is 2.11. The highest BCUT2D eigenvalue weighted by Gasteiger charge is 2.13. The second-order valence-electron chi connectivity index (χ2n) is 4.85. The lowest BCUT2D eigenvalue weighted by Crippen LogP contribution is -2.07. The fourth-order valence-corrected chi connectivity index (χ4v) is 2.12. The van der Waals surface area contributed by atoms with Gasteiger partial charge in [-0.3, -0.25) is 0 Å². The molecule has 0 bridgehead atoms. The van der Waals surface area contributed by atoms with Crippen molar-refractivity contribution in [1.29, 1.82) is 0 Å². The van der Waals surface area contributed by atoms with Gasteiger partial charge in [0.2, 0.25) is 5.75 Å². The van der Waals surface area contributed by atoms with Crippen molar-refractivity contribution in [2.24, 2.45) is 0 Å². The molecule has 4 heteroatoms. The van der Waals surface area contributed by atoms with E-state index in [1.165, 1.54) is 0 Å². The van der Waals surface area contributed by atoms with Gasteiger partial charge in [-0.25, -0.2) is 0 Å². The van der Waals surface area contributed by atoms with Crippen molar-refractivity contribution in [1.82, 2.24) is 5.32 Å². The summed E-state index contributed by atoms with van der Waals surface area (Å²) in [4.78, 5) is 0. The first kappa shape index (κ1) is 17.4. The van der Waals surface area contributed by atoms with Crippen LogP contribution in [0.1, 0.15) is 31.2 Å². The zero-order valence-electron chi connectivity index (χ0n) is 13.4. The van der Waals surface area contributed by atoms with E-state index in [1.54, 1.807) is 14.2 Å². The molecule has 118 valence electrons. The summed E-state index contributed by atoms with van der Waals surface area (Å²) in [6, 6.07) is 3.96. The molecular formula is C17H27NO3. The maximum atomic E-state index is 5.87. The number of hydrogen-bond acceptors (Lipinski definition) is 4. The van der Waals surface area contributed by atoms with Crippen LogP contribution in [0.25, 0.3) is 0 Å². The van der Waals surface area contributed by atoms with Crippen molar-refractivity contribution in [3.63, 3.8) is 0 Å². The molecule has 0 aliphatic rings. The first-order valence-electron chi connectivity index (χ1n) is 7.40. The number of rotatable bonds is 11. The summed E-state index contributed by atoms with van der Waals surface area (Å²) in [5.41, 5.74) is 1.10. The minimum atomic E-state index is 0.662. The summed E-state index contributed by atoms with van der Waals surface area (Å²) in [7, 11) is 5.20. The molecule has 0 aliphatic carbocycles. The molecule has 0 atom stereocenters. The van der Waals surface area contributed by atoms with Crippen LogP contribution in [0.5, 0.6) is 17.2 Å². The van der Waals surface area contributed by atoms with E-state index in [0.29, 0.717) is 23.9 Å². The largest absolute Gasteiger partial charge is 0.493 e. The molecule has 0 aromatic heterocycles. The third kappa shape index (κ3) is 5.68. The molecule has 1 aromatic rings. The van der Waals surface area contributed by atoms with E-state index >= 15 is 0 Å². The zero-order valence-corrected chi connectivity index (χ0v) is 13.4. The number of ether oxygens (including phenoxy) is 3. The molecule has 4 nitrogen and oxygen atoms in total. The van der Waals surface area contributed by atoms with Crippen molar-refractivity contribution < 1.29 is 14.2 Å². The topological polar surface area (TPSA) is 39.7 Å². The molecule has 0 fully saturated rings. The van der Waals surface area contributed by atoms with Crippen LogP contribution < -0.4 is 19.5 Å². The molecule has 0 saturated carbocycles. The maximum Gasteiger partial charge on any atom is 0.203 e. The van der Waals surface area contributed by atoms with Gasteiger partial charge in [-0.05, 0) is 50.4 Å². The van der Waals surface area contributed by atoms with Gasteiger partial charge < -0.3 is 19.5 Å². The molecule has 0 unspecified atom stereocenters. The first-order chi connectivity index (χ1) is 10.3. The standard InChI is InChI=1S/C17H27NO3/c1-5-6-7-8-9-10-21-17-15(19-3)11-14(13-18-2)12-16(17)20-4/h5,11-12,18H,1,6-10,13H2,2-4H3. The van der Waals surface area contributed by atoms with E-state index in [0.717, 1.165) is 37.8 Å². The van der Waals surface area contributed by atoms with Crippen molar-refractivity contribution >= 4 is 0 Å². The third-order valence-corrected chi connectivity index (χ3v) is 3.20. The Labute approximate surface area is 128 Å². The van der Waals surface area contributed by atoms with Crippen LogP contribution in [0.2, 0.25) is 0 Å². The van der Waals surface area contributed by atoms with Gasteiger partial charge in [-0.1, -0.05) is 6.08 Å². The predicted octanol–water partition coefficient (Wildman–Crippen LogP) is 3.55. The highest BCUT2D eigenvalue weighted by Crippen LogP contribution is 2.38. The molecule has 1 rings (SSSR count). The van der Waals surface area contributed by atoms with Crippen LogP contribution in [0.3, 0.4) is 0 Å². The molecule has 0 saturated heterocycles. The van der Waals surface area contributed by atoms with Crippen molar-refractivity contribution in [3.05, 3.63) is 30.4 Å². The monoisotopic (exact) mass is 293 g/mol. The Kier molecular flexibility index (Phi) is 8.36. The zero-order chi connectivity index (χ0) is 15.5. The Morgan fingerprint density at radius 2 is 1.76 bits per heavy atom. The number of unbranched alkanes of at least 4 members (excludes halogenated alkanes) is 3. The summed E-state index contributed by atoms with van der Waals surface area (Å²) >= 11 is 0. The number of benzene rings is 1. The number of methoxy groups -OCH3 is 2. The van der Waals surface area contributed by atoms with Gasteiger partial charge in [-0.15, -0.1) is 6.58 Å². The molecule has 0 heterocycles. The second kappa shape index (κ2) is 10.1. The van der Waals surface area contributed by atoms with E-state index < -0.39 is 0 Å². The molecule has 21 heavy (non-hydrogen) atoms. The Morgan fingerprint density at radius 3 is 2.29 bits per heavy atom. The Hall–Kier alpha value is -1.68. The lowest BCUT2D eigenvalue weighted by atomic mass is 10.1. The van der Waals surface area contributed by atoms with Gasteiger partial charge in [0.1, 0.15) is 0 Å². The van der Waals surface area contributed by atoms with Gasteiger partial charge in [-0.2, -0.15) is 0 Å². The number of allylic oxidation sites excluding steroid dienone is 1. The lowest BCUT2D eigenvalue weighted by molar-refractivity contribution is 0.267. The lowest BCUT2D eigenvalue weighted by Gasteiger charge is -2.16. The Bertz CT molecular complexity index is 407. The minimum Gasteiger partial charge on any atom is -0.493 e. The van der Waals surface area contributed by atoms with E-state index in [2.05, 4.69) is 11.9 Å². The van der Waals surface area contributed by atoms with Gasteiger partial charge in [0, 0.05) is 6.54 Å². The first-order valence-corrected chi connectivity index (χ1v) is 7.40. The Morgan fingerprint density at radius 1 is 1.10 bits per heavy atom. The van der Waals surface area contributed by atoms with Crippen LogP contribution in [-0.2, 0) is 6.54 Å². The van der Waals surface area contributed by atoms with Crippen molar-refractivity contribution in [3.8, 4) is 17.2 Å². The third-order valence-electron chi connectivity index (χ3n) is 3.20. The van der Waals surface area contributed by atoms with Crippen LogP contribution >= 0.6 is 0 Å². The maximum absolute atomic E-state index is 5.87. The van der Waals surface area contributed by atoms with Gasteiger partial charge >= 0.3 is 0 Å². The summed E-state index contributed by atoms with van der Waals surface area (Å²) in [6.07, 6.45) is 6.31. The molecular weight excluding hydrogens is 266 g/mol. The van der Waals surface area contributed by atoms with Gasteiger partial charge in [0.15, 0.2) is 11.5 Å².